The lowest BCUT2D eigenvalue weighted by Gasteiger charge is -2.12. The molecule has 1 fully saturated rings. The molecule has 0 aromatic heterocycles. The van der Waals surface area contributed by atoms with Gasteiger partial charge in [0.05, 0.1) is 5.56 Å². The maximum Gasteiger partial charge on any atom is 0.335 e. The topological polar surface area (TPSA) is 49.3 Å². The summed E-state index contributed by atoms with van der Waals surface area (Å²) in [6.45, 7) is 1.84. The summed E-state index contributed by atoms with van der Waals surface area (Å²) in [5, 5.41) is 12.2. The number of benzene rings is 1. The summed E-state index contributed by atoms with van der Waals surface area (Å²) < 4.78 is 0.473. The zero-order valence-corrected chi connectivity index (χ0v) is 10.7. The van der Waals surface area contributed by atoms with Gasteiger partial charge in [0.15, 0.2) is 0 Å². The molecule has 0 unspecified atom stereocenters. The van der Waals surface area contributed by atoms with Gasteiger partial charge in [-0.2, -0.15) is 11.8 Å². The summed E-state index contributed by atoms with van der Waals surface area (Å²) in [4.78, 5) is 10.7. The summed E-state index contributed by atoms with van der Waals surface area (Å²) >= 11 is 1.94. The van der Waals surface area contributed by atoms with E-state index >= 15 is 0 Å². The van der Waals surface area contributed by atoms with Gasteiger partial charge < -0.3 is 10.4 Å². The van der Waals surface area contributed by atoms with E-state index in [1.54, 1.807) is 12.1 Å². The zero-order chi connectivity index (χ0) is 12.3. The van der Waals surface area contributed by atoms with Gasteiger partial charge in [-0.15, -0.1) is 0 Å². The number of rotatable bonds is 6. The van der Waals surface area contributed by atoms with Gasteiger partial charge in [-0.25, -0.2) is 4.79 Å². The van der Waals surface area contributed by atoms with Crippen molar-refractivity contribution < 1.29 is 9.90 Å². The molecule has 0 atom stereocenters. The Hall–Kier alpha value is -1.00. The van der Waals surface area contributed by atoms with Crippen LogP contribution in [0.1, 0.15) is 28.8 Å². The standard InChI is InChI=1S/C13H17NO2S/c1-17-13(6-7-13)9-14-8-10-2-4-11(5-3-10)12(15)16/h2-5,14H,6-9H2,1H3,(H,15,16). The number of thioether (sulfide) groups is 1. The first kappa shape index (κ1) is 12.5. The molecule has 0 radical (unpaired) electrons. The number of nitrogens with one attached hydrogen (secondary N) is 1. The van der Waals surface area contributed by atoms with Crippen molar-refractivity contribution in [2.45, 2.75) is 24.1 Å². The van der Waals surface area contributed by atoms with Crippen LogP contribution in [-0.4, -0.2) is 28.6 Å². The Kier molecular flexibility index (Phi) is 3.74. The predicted octanol–water partition coefficient (Wildman–Crippen LogP) is 2.37. The molecule has 0 saturated heterocycles. The van der Waals surface area contributed by atoms with Crippen molar-refractivity contribution in [1.82, 2.24) is 5.32 Å². The van der Waals surface area contributed by atoms with Gasteiger partial charge in [0.1, 0.15) is 0 Å². The van der Waals surface area contributed by atoms with Crippen LogP contribution in [0, 0.1) is 0 Å². The monoisotopic (exact) mass is 251 g/mol. The van der Waals surface area contributed by atoms with Crippen LogP contribution in [0.15, 0.2) is 24.3 Å². The highest BCUT2D eigenvalue weighted by Crippen LogP contribution is 2.46. The fourth-order valence-electron chi connectivity index (χ4n) is 1.79. The lowest BCUT2D eigenvalue weighted by molar-refractivity contribution is 0.0697. The van der Waals surface area contributed by atoms with Crippen molar-refractivity contribution in [3.8, 4) is 0 Å². The third kappa shape index (κ3) is 3.23. The van der Waals surface area contributed by atoms with Crippen molar-refractivity contribution in [2.75, 3.05) is 12.8 Å². The van der Waals surface area contributed by atoms with E-state index in [1.807, 2.05) is 23.9 Å². The van der Waals surface area contributed by atoms with Crippen LogP contribution in [0.3, 0.4) is 0 Å². The fourth-order valence-corrected chi connectivity index (χ4v) is 2.55. The van der Waals surface area contributed by atoms with Crippen molar-refractivity contribution in [2.24, 2.45) is 0 Å². The molecule has 0 spiro atoms. The van der Waals surface area contributed by atoms with Crippen LogP contribution in [0.4, 0.5) is 0 Å². The molecule has 1 aliphatic rings. The van der Waals surface area contributed by atoms with Gasteiger partial charge in [0.2, 0.25) is 0 Å². The molecule has 4 heteroatoms. The molecule has 0 aliphatic heterocycles. The maximum absolute atomic E-state index is 10.7. The molecule has 1 aliphatic carbocycles. The van der Waals surface area contributed by atoms with E-state index in [0.29, 0.717) is 10.3 Å². The Morgan fingerprint density at radius 3 is 2.53 bits per heavy atom. The third-order valence-corrected chi connectivity index (χ3v) is 4.64. The minimum atomic E-state index is -0.871. The van der Waals surface area contributed by atoms with E-state index in [4.69, 9.17) is 5.11 Å². The van der Waals surface area contributed by atoms with E-state index in [-0.39, 0.29) is 0 Å². The number of carboxylic acid groups (broad SMARTS) is 1. The molecule has 1 aromatic carbocycles. The number of carbonyl (C=O) groups is 1. The first-order chi connectivity index (χ1) is 8.15. The van der Waals surface area contributed by atoms with Crippen LogP contribution in [-0.2, 0) is 6.54 Å². The fraction of sp³-hybridized carbons (Fsp3) is 0.462. The van der Waals surface area contributed by atoms with Crippen LogP contribution in [0.2, 0.25) is 0 Å². The normalized spacial score (nSPS) is 16.8. The molecule has 0 heterocycles. The second kappa shape index (κ2) is 5.10. The van der Waals surface area contributed by atoms with Crippen LogP contribution < -0.4 is 5.32 Å². The highest BCUT2D eigenvalue weighted by molar-refractivity contribution is 8.00. The minimum Gasteiger partial charge on any atom is -0.478 e. The molecule has 1 saturated carbocycles. The molecule has 17 heavy (non-hydrogen) atoms. The van der Waals surface area contributed by atoms with Crippen molar-refractivity contribution in [3.05, 3.63) is 35.4 Å². The van der Waals surface area contributed by atoms with Crippen LogP contribution in [0.5, 0.6) is 0 Å². The van der Waals surface area contributed by atoms with Gasteiger partial charge in [0.25, 0.3) is 0 Å². The number of hydrogen-bond acceptors (Lipinski definition) is 3. The molecule has 0 bridgehead atoms. The Morgan fingerprint density at radius 1 is 1.41 bits per heavy atom. The summed E-state index contributed by atoms with van der Waals surface area (Å²) in [5.41, 5.74) is 1.48. The van der Waals surface area contributed by atoms with Crippen molar-refractivity contribution in [3.63, 3.8) is 0 Å². The minimum absolute atomic E-state index is 0.344. The Labute approximate surface area is 106 Å². The lowest BCUT2D eigenvalue weighted by Crippen LogP contribution is -2.25. The number of aromatic carboxylic acids is 1. The predicted molar refractivity (Wildman–Crippen MR) is 70.6 cm³/mol. The third-order valence-electron chi connectivity index (χ3n) is 3.22. The Morgan fingerprint density at radius 2 is 2.06 bits per heavy atom. The maximum atomic E-state index is 10.7. The summed E-state index contributed by atoms with van der Waals surface area (Å²) in [5.74, 6) is -0.871. The van der Waals surface area contributed by atoms with Crippen molar-refractivity contribution in [1.29, 1.82) is 0 Å². The quantitative estimate of drug-likeness (QED) is 0.815. The van der Waals surface area contributed by atoms with Gasteiger partial charge in [-0.3, -0.25) is 0 Å². The SMILES string of the molecule is CSC1(CNCc2ccc(C(=O)O)cc2)CC1. The molecule has 2 N–H and O–H groups in total. The highest BCUT2D eigenvalue weighted by Gasteiger charge is 2.41. The second-order valence-corrected chi connectivity index (χ2v) is 5.77. The highest BCUT2D eigenvalue weighted by atomic mass is 32.2. The molecular formula is C13H17NO2S. The van der Waals surface area contributed by atoms with Gasteiger partial charge >= 0.3 is 5.97 Å². The van der Waals surface area contributed by atoms with Gasteiger partial charge in [-0.1, -0.05) is 12.1 Å². The van der Waals surface area contributed by atoms with Crippen LogP contribution >= 0.6 is 11.8 Å². The van der Waals surface area contributed by atoms with E-state index in [1.165, 1.54) is 12.8 Å². The lowest BCUT2D eigenvalue weighted by atomic mass is 10.1. The number of hydrogen-bond donors (Lipinski definition) is 2. The van der Waals surface area contributed by atoms with E-state index < -0.39 is 5.97 Å². The molecule has 92 valence electrons. The Balaban J connectivity index is 1.81. The molecule has 3 nitrogen and oxygen atoms in total. The molecular weight excluding hydrogens is 234 g/mol. The average molecular weight is 251 g/mol. The summed E-state index contributed by atoms with van der Waals surface area (Å²) in [6, 6.07) is 7.05. The first-order valence-electron chi connectivity index (χ1n) is 5.73. The second-order valence-electron chi connectivity index (χ2n) is 4.49. The summed E-state index contributed by atoms with van der Waals surface area (Å²) in [7, 11) is 0. The molecule has 2 rings (SSSR count). The number of carboxylic acids is 1. The Bertz CT molecular complexity index is 398. The van der Waals surface area contributed by atoms with E-state index in [2.05, 4.69) is 11.6 Å². The zero-order valence-electron chi connectivity index (χ0n) is 9.90. The molecule has 0 amide bonds. The average Bonchev–Trinajstić information content (AvgIpc) is 3.10. The smallest absolute Gasteiger partial charge is 0.335 e. The summed E-state index contributed by atoms with van der Waals surface area (Å²) in [6.07, 6.45) is 4.77. The van der Waals surface area contributed by atoms with Gasteiger partial charge in [0, 0.05) is 17.8 Å². The first-order valence-corrected chi connectivity index (χ1v) is 6.96. The van der Waals surface area contributed by atoms with Crippen molar-refractivity contribution >= 4 is 17.7 Å². The largest absolute Gasteiger partial charge is 0.478 e. The van der Waals surface area contributed by atoms with Crippen LogP contribution in [0.25, 0.3) is 0 Å². The van der Waals surface area contributed by atoms with E-state index in [0.717, 1.165) is 18.7 Å². The van der Waals surface area contributed by atoms with E-state index in [9.17, 15) is 4.79 Å². The van der Waals surface area contributed by atoms with Gasteiger partial charge in [-0.05, 0) is 36.8 Å². The molecule has 1 aromatic rings.